The number of rotatable bonds is 3. The zero-order valence-electron chi connectivity index (χ0n) is 10.0. The number of nitrogens with two attached hydrogens (primary N) is 1. The molecule has 1 saturated heterocycles. The second kappa shape index (κ2) is 5.14. The number of aromatic nitrogens is 1. The summed E-state index contributed by atoms with van der Waals surface area (Å²) >= 11 is 0. The summed E-state index contributed by atoms with van der Waals surface area (Å²) in [5, 5.41) is 0. The van der Waals surface area contributed by atoms with Crippen LogP contribution in [0.15, 0.2) is 24.4 Å². The second-order valence-electron chi connectivity index (χ2n) is 4.42. The van der Waals surface area contributed by atoms with Gasteiger partial charge >= 0.3 is 0 Å². The molecule has 1 aliphatic heterocycles. The summed E-state index contributed by atoms with van der Waals surface area (Å²) in [6, 6.07) is 6.23. The van der Waals surface area contributed by atoms with Crippen molar-refractivity contribution in [3.05, 3.63) is 24.4 Å². The Kier molecular flexibility index (Phi) is 3.58. The fourth-order valence-corrected chi connectivity index (χ4v) is 2.18. The third-order valence-electron chi connectivity index (χ3n) is 3.10. The van der Waals surface area contributed by atoms with E-state index >= 15 is 0 Å². The molecule has 0 aliphatic carbocycles. The summed E-state index contributed by atoms with van der Waals surface area (Å²) < 4.78 is 0. The molecule has 1 atom stereocenters. The average Bonchev–Trinajstić information content (AvgIpc) is 2.32. The molecular formula is C12H18N4O. The quantitative estimate of drug-likeness (QED) is 0.804. The first-order valence-corrected chi connectivity index (χ1v) is 5.85. The van der Waals surface area contributed by atoms with Gasteiger partial charge in [0.1, 0.15) is 5.82 Å². The SMILES string of the molecule is CC1CN(c2ccccn2)CCN1CC(N)=O. The minimum absolute atomic E-state index is 0.261. The van der Waals surface area contributed by atoms with E-state index in [-0.39, 0.29) is 5.91 Å². The zero-order valence-corrected chi connectivity index (χ0v) is 10.0. The number of anilines is 1. The van der Waals surface area contributed by atoms with Crippen LogP contribution in [0.5, 0.6) is 0 Å². The number of nitrogens with zero attached hydrogens (tertiary/aromatic N) is 3. The lowest BCUT2D eigenvalue weighted by molar-refractivity contribution is -0.119. The van der Waals surface area contributed by atoms with Crippen LogP contribution in [0.4, 0.5) is 5.82 Å². The molecular weight excluding hydrogens is 216 g/mol. The normalized spacial score (nSPS) is 21.5. The van der Waals surface area contributed by atoms with Crippen molar-refractivity contribution < 1.29 is 4.79 Å². The van der Waals surface area contributed by atoms with Crippen molar-refractivity contribution in [3.63, 3.8) is 0 Å². The van der Waals surface area contributed by atoms with Gasteiger partial charge in [-0.15, -0.1) is 0 Å². The number of carbonyl (C=O) groups excluding carboxylic acids is 1. The van der Waals surface area contributed by atoms with E-state index in [2.05, 4.69) is 21.7 Å². The van der Waals surface area contributed by atoms with E-state index in [9.17, 15) is 4.79 Å². The molecule has 2 rings (SSSR count). The summed E-state index contributed by atoms with van der Waals surface area (Å²) in [7, 11) is 0. The minimum atomic E-state index is -0.261. The number of amides is 1. The predicted octanol–water partition coefficient (Wildman–Crippen LogP) is 0.0774. The molecule has 2 N–H and O–H groups in total. The first kappa shape index (κ1) is 11.9. The maximum atomic E-state index is 10.9. The van der Waals surface area contributed by atoms with Gasteiger partial charge in [-0.25, -0.2) is 4.98 Å². The zero-order chi connectivity index (χ0) is 12.3. The van der Waals surface area contributed by atoms with Crippen molar-refractivity contribution in [1.29, 1.82) is 0 Å². The van der Waals surface area contributed by atoms with Crippen molar-refractivity contribution in [2.45, 2.75) is 13.0 Å². The van der Waals surface area contributed by atoms with Gasteiger partial charge in [0, 0.05) is 31.9 Å². The third kappa shape index (κ3) is 2.94. The third-order valence-corrected chi connectivity index (χ3v) is 3.10. The molecule has 2 heterocycles. The molecule has 17 heavy (non-hydrogen) atoms. The maximum Gasteiger partial charge on any atom is 0.231 e. The van der Waals surface area contributed by atoms with Crippen LogP contribution in [0.1, 0.15) is 6.92 Å². The molecule has 1 fully saturated rings. The number of piperazine rings is 1. The molecule has 92 valence electrons. The van der Waals surface area contributed by atoms with Gasteiger partial charge in [-0.05, 0) is 19.1 Å². The molecule has 0 aromatic carbocycles. The molecule has 0 bridgehead atoms. The van der Waals surface area contributed by atoms with Crippen LogP contribution in [0.3, 0.4) is 0 Å². The van der Waals surface area contributed by atoms with Crippen LogP contribution < -0.4 is 10.6 Å². The molecule has 0 spiro atoms. The van der Waals surface area contributed by atoms with E-state index in [1.807, 2.05) is 18.2 Å². The topological polar surface area (TPSA) is 62.5 Å². The molecule has 5 heteroatoms. The first-order chi connectivity index (χ1) is 8.16. The van der Waals surface area contributed by atoms with Gasteiger partial charge in [-0.2, -0.15) is 0 Å². The Morgan fingerprint density at radius 3 is 2.94 bits per heavy atom. The fourth-order valence-electron chi connectivity index (χ4n) is 2.18. The van der Waals surface area contributed by atoms with E-state index in [4.69, 9.17) is 5.73 Å². The van der Waals surface area contributed by atoms with E-state index < -0.39 is 0 Å². The summed E-state index contributed by atoms with van der Waals surface area (Å²) in [6.07, 6.45) is 1.80. The lowest BCUT2D eigenvalue weighted by atomic mass is 10.2. The Morgan fingerprint density at radius 1 is 1.53 bits per heavy atom. The Labute approximate surface area is 101 Å². The summed E-state index contributed by atoms with van der Waals surface area (Å²) in [5.74, 6) is 0.737. The van der Waals surface area contributed by atoms with E-state index in [1.54, 1.807) is 6.20 Å². The Hall–Kier alpha value is -1.62. The monoisotopic (exact) mass is 234 g/mol. The molecule has 5 nitrogen and oxygen atoms in total. The van der Waals surface area contributed by atoms with Crippen molar-refractivity contribution in [2.24, 2.45) is 5.73 Å². The van der Waals surface area contributed by atoms with Crippen LogP contribution in [-0.2, 0) is 4.79 Å². The molecule has 1 aromatic heterocycles. The predicted molar refractivity (Wildman–Crippen MR) is 66.7 cm³/mol. The maximum absolute atomic E-state index is 10.9. The Morgan fingerprint density at radius 2 is 2.35 bits per heavy atom. The molecule has 1 unspecified atom stereocenters. The van der Waals surface area contributed by atoms with Crippen LogP contribution in [-0.4, -0.2) is 48.0 Å². The molecule has 1 aliphatic rings. The standard InChI is InChI=1S/C12H18N4O/c1-10-8-16(12-4-2-3-5-14-12)7-6-15(10)9-11(13)17/h2-5,10H,6-9H2,1H3,(H2,13,17). The second-order valence-corrected chi connectivity index (χ2v) is 4.42. The number of hydrogen-bond acceptors (Lipinski definition) is 4. The van der Waals surface area contributed by atoms with Crippen molar-refractivity contribution in [1.82, 2.24) is 9.88 Å². The lowest BCUT2D eigenvalue weighted by Gasteiger charge is -2.39. The van der Waals surface area contributed by atoms with Gasteiger partial charge in [0.25, 0.3) is 0 Å². The lowest BCUT2D eigenvalue weighted by Crippen LogP contribution is -2.54. The first-order valence-electron chi connectivity index (χ1n) is 5.85. The molecule has 1 amide bonds. The van der Waals surface area contributed by atoms with Gasteiger partial charge in [0.15, 0.2) is 0 Å². The van der Waals surface area contributed by atoms with E-state index in [0.717, 1.165) is 25.5 Å². The molecule has 0 saturated carbocycles. The minimum Gasteiger partial charge on any atom is -0.369 e. The number of primary amides is 1. The molecule has 0 radical (unpaired) electrons. The van der Waals surface area contributed by atoms with Crippen molar-refractivity contribution in [3.8, 4) is 0 Å². The van der Waals surface area contributed by atoms with E-state index in [0.29, 0.717) is 12.6 Å². The highest BCUT2D eigenvalue weighted by atomic mass is 16.1. The van der Waals surface area contributed by atoms with E-state index in [1.165, 1.54) is 0 Å². The Bertz CT molecular complexity index is 381. The largest absolute Gasteiger partial charge is 0.369 e. The van der Waals surface area contributed by atoms with Gasteiger partial charge in [-0.3, -0.25) is 9.69 Å². The average molecular weight is 234 g/mol. The van der Waals surface area contributed by atoms with Crippen molar-refractivity contribution in [2.75, 3.05) is 31.1 Å². The van der Waals surface area contributed by atoms with Crippen LogP contribution in [0.25, 0.3) is 0 Å². The summed E-state index contributed by atoms with van der Waals surface area (Å²) in [4.78, 5) is 19.6. The number of carbonyl (C=O) groups is 1. The van der Waals surface area contributed by atoms with Gasteiger partial charge in [-0.1, -0.05) is 6.07 Å². The highest BCUT2D eigenvalue weighted by Crippen LogP contribution is 2.15. The van der Waals surface area contributed by atoms with Gasteiger partial charge < -0.3 is 10.6 Å². The van der Waals surface area contributed by atoms with Crippen LogP contribution >= 0.6 is 0 Å². The van der Waals surface area contributed by atoms with Crippen LogP contribution in [0, 0.1) is 0 Å². The summed E-state index contributed by atoms with van der Waals surface area (Å²) in [5.41, 5.74) is 5.22. The fraction of sp³-hybridized carbons (Fsp3) is 0.500. The van der Waals surface area contributed by atoms with Gasteiger partial charge in [0.2, 0.25) is 5.91 Å². The molecule has 1 aromatic rings. The number of pyridine rings is 1. The smallest absolute Gasteiger partial charge is 0.231 e. The highest BCUT2D eigenvalue weighted by molar-refractivity contribution is 5.76. The number of hydrogen-bond donors (Lipinski definition) is 1. The summed E-state index contributed by atoms with van der Waals surface area (Å²) in [6.45, 7) is 5.06. The van der Waals surface area contributed by atoms with Crippen LogP contribution in [0.2, 0.25) is 0 Å². The van der Waals surface area contributed by atoms with Crippen molar-refractivity contribution >= 4 is 11.7 Å². The van der Waals surface area contributed by atoms with Gasteiger partial charge in [0.05, 0.1) is 6.54 Å². The Balaban J connectivity index is 1.97. The highest BCUT2D eigenvalue weighted by Gasteiger charge is 2.24.